The number of nitrogens with one attached hydrogen (secondary N) is 2. The van der Waals surface area contributed by atoms with Crippen LogP contribution in [0.1, 0.15) is 21.5 Å². The zero-order valence-corrected chi connectivity index (χ0v) is 18.8. The summed E-state index contributed by atoms with van der Waals surface area (Å²) in [4.78, 5) is 12.5. The Balaban J connectivity index is 1.57. The van der Waals surface area contributed by atoms with E-state index in [0.717, 1.165) is 16.9 Å². The smallest absolute Gasteiger partial charge is 0.261 e. The second-order valence-electron chi connectivity index (χ2n) is 7.04. The van der Waals surface area contributed by atoms with Gasteiger partial charge in [0.25, 0.3) is 15.9 Å². The lowest BCUT2D eigenvalue weighted by Crippen LogP contribution is -2.28. The van der Waals surface area contributed by atoms with E-state index in [-0.39, 0.29) is 27.1 Å². The Bertz CT molecular complexity index is 1160. The lowest BCUT2D eigenvalue weighted by molar-refractivity contribution is 0.0947. The normalized spacial score (nSPS) is 11.1. The number of hydrogen-bond donors (Lipinski definition) is 2. The van der Waals surface area contributed by atoms with Crippen molar-refractivity contribution >= 4 is 33.2 Å². The number of anilines is 1. The second-order valence-corrected chi connectivity index (χ2v) is 9.13. The van der Waals surface area contributed by atoms with E-state index in [1.807, 2.05) is 26.0 Å². The number of ether oxygens (including phenoxy) is 1. The van der Waals surface area contributed by atoms with Gasteiger partial charge in [-0.15, -0.1) is 0 Å². The minimum atomic E-state index is -3.74. The van der Waals surface area contributed by atoms with E-state index in [2.05, 4.69) is 16.1 Å². The van der Waals surface area contributed by atoms with E-state index >= 15 is 0 Å². The molecule has 0 atom stereocenters. The van der Waals surface area contributed by atoms with E-state index in [1.165, 1.54) is 30.3 Å². The van der Waals surface area contributed by atoms with Crippen LogP contribution in [0.2, 0.25) is 5.02 Å². The van der Waals surface area contributed by atoms with Crippen LogP contribution in [0.3, 0.4) is 0 Å². The highest BCUT2D eigenvalue weighted by molar-refractivity contribution is 7.92. The van der Waals surface area contributed by atoms with Crippen LogP contribution in [0.15, 0.2) is 71.6 Å². The van der Waals surface area contributed by atoms with Crippen molar-refractivity contribution in [1.82, 2.24) is 5.32 Å². The van der Waals surface area contributed by atoms with Gasteiger partial charge in [0.2, 0.25) is 0 Å². The number of carbonyl (C=O) groups excluding carboxylic acids is 1. The Morgan fingerprint density at radius 2 is 1.65 bits per heavy atom. The van der Waals surface area contributed by atoms with Crippen molar-refractivity contribution < 1.29 is 17.9 Å². The number of rotatable bonds is 8. The Morgan fingerprint density at radius 3 is 2.29 bits per heavy atom. The van der Waals surface area contributed by atoms with Crippen molar-refractivity contribution in [1.29, 1.82) is 0 Å². The molecule has 3 aromatic carbocycles. The first kappa shape index (κ1) is 22.7. The molecule has 0 unspecified atom stereocenters. The molecule has 6 nitrogen and oxygen atoms in total. The summed E-state index contributed by atoms with van der Waals surface area (Å²) in [5.41, 5.74) is 2.72. The lowest BCUT2D eigenvalue weighted by atomic mass is 10.1. The summed E-state index contributed by atoms with van der Waals surface area (Å²) in [5.74, 6) is 0.381. The number of amides is 1. The fourth-order valence-electron chi connectivity index (χ4n) is 3.02. The van der Waals surface area contributed by atoms with Crippen LogP contribution in [0, 0.1) is 13.8 Å². The highest BCUT2D eigenvalue weighted by Gasteiger charge is 2.16. The van der Waals surface area contributed by atoms with E-state index in [9.17, 15) is 13.2 Å². The fraction of sp³-hybridized carbons (Fsp3) is 0.174. The van der Waals surface area contributed by atoms with Crippen molar-refractivity contribution in [3.63, 3.8) is 0 Å². The quantitative estimate of drug-likeness (QED) is 0.484. The summed E-state index contributed by atoms with van der Waals surface area (Å²) in [6, 6.07) is 18.3. The zero-order valence-electron chi connectivity index (χ0n) is 17.2. The first-order chi connectivity index (χ1) is 14.7. The molecule has 162 valence electrons. The molecule has 2 N–H and O–H groups in total. The lowest BCUT2D eigenvalue weighted by Gasteiger charge is -2.12. The number of halogens is 1. The summed E-state index contributed by atoms with van der Waals surface area (Å²) < 4.78 is 33.0. The van der Waals surface area contributed by atoms with Crippen LogP contribution in [-0.2, 0) is 10.0 Å². The first-order valence-electron chi connectivity index (χ1n) is 9.61. The third kappa shape index (κ3) is 6.23. The van der Waals surface area contributed by atoms with E-state index < -0.39 is 10.0 Å². The number of sulfonamides is 1. The Morgan fingerprint density at radius 1 is 0.968 bits per heavy atom. The number of benzene rings is 3. The molecule has 0 saturated heterocycles. The van der Waals surface area contributed by atoms with Crippen molar-refractivity contribution in [2.75, 3.05) is 17.9 Å². The summed E-state index contributed by atoms with van der Waals surface area (Å²) in [6.07, 6.45) is 0. The van der Waals surface area contributed by atoms with Crippen LogP contribution >= 0.6 is 11.6 Å². The maximum Gasteiger partial charge on any atom is 0.261 e. The summed E-state index contributed by atoms with van der Waals surface area (Å²) >= 11 is 6.22. The SMILES string of the molecule is Cc1cc(C)cc(OCCNC(=O)c2ccc(NS(=O)(=O)c3ccccc3)cc2Cl)c1. The Hall–Kier alpha value is -3.03. The third-order valence-electron chi connectivity index (χ3n) is 4.37. The van der Waals surface area contributed by atoms with Gasteiger partial charge >= 0.3 is 0 Å². The molecule has 3 aromatic rings. The fourth-order valence-corrected chi connectivity index (χ4v) is 4.36. The number of hydrogen-bond acceptors (Lipinski definition) is 4. The number of aryl methyl sites for hydroxylation is 2. The molecule has 0 radical (unpaired) electrons. The van der Waals surface area contributed by atoms with Crippen molar-refractivity contribution in [2.24, 2.45) is 0 Å². The predicted molar refractivity (Wildman–Crippen MR) is 122 cm³/mol. The maximum atomic E-state index is 12.4. The highest BCUT2D eigenvalue weighted by Crippen LogP contribution is 2.23. The van der Waals surface area contributed by atoms with Gasteiger partial charge in [0.05, 0.1) is 27.7 Å². The topological polar surface area (TPSA) is 84.5 Å². The van der Waals surface area contributed by atoms with Crippen molar-refractivity contribution in [3.8, 4) is 5.75 Å². The van der Waals surface area contributed by atoms with Gasteiger partial charge in [0.1, 0.15) is 12.4 Å². The van der Waals surface area contributed by atoms with Crippen LogP contribution in [0.4, 0.5) is 5.69 Å². The van der Waals surface area contributed by atoms with Gasteiger partial charge in [-0.2, -0.15) is 0 Å². The molecule has 0 bridgehead atoms. The number of carbonyl (C=O) groups is 1. The molecule has 1 amide bonds. The van der Waals surface area contributed by atoms with E-state index in [1.54, 1.807) is 18.2 Å². The molecule has 3 rings (SSSR count). The maximum absolute atomic E-state index is 12.4. The highest BCUT2D eigenvalue weighted by atomic mass is 35.5. The van der Waals surface area contributed by atoms with Crippen molar-refractivity contribution in [3.05, 3.63) is 88.4 Å². The van der Waals surface area contributed by atoms with Gasteiger partial charge in [0.15, 0.2) is 0 Å². The third-order valence-corrected chi connectivity index (χ3v) is 6.08. The standard InChI is InChI=1S/C23H23ClN2O4S/c1-16-12-17(2)14-19(13-16)30-11-10-25-23(27)21-9-8-18(15-22(21)24)26-31(28,29)20-6-4-3-5-7-20/h3-9,12-15,26H,10-11H2,1-2H3,(H,25,27). The van der Waals surface area contributed by atoms with Gasteiger partial charge in [0, 0.05) is 0 Å². The minimum Gasteiger partial charge on any atom is -0.492 e. The van der Waals surface area contributed by atoms with Gasteiger partial charge in [-0.05, 0) is 67.4 Å². The van der Waals surface area contributed by atoms with E-state index in [4.69, 9.17) is 16.3 Å². The monoisotopic (exact) mass is 458 g/mol. The molecule has 0 aliphatic heterocycles. The van der Waals surface area contributed by atoms with E-state index in [0.29, 0.717) is 13.2 Å². The van der Waals surface area contributed by atoms with Gasteiger partial charge in [-0.25, -0.2) is 8.42 Å². The molecule has 0 aliphatic carbocycles. The largest absolute Gasteiger partial charge is 0.492 e. The van der Waals surface area contributed by atoms with Crippen LogP contribution < -0.4 is 14.8 Å². The zero-order chi connectivity index (χ0) is 22.4. The van der Waals surface area contributed by atoms with Crippen LogP contribution in [-0.4, -0.2) is 27.5 Å². The summed E-state index contributed by atoms with van der Waals surface area (Å²) in [7, 11) is -3.74. The molecule has 0 aromatic heterocycles. The Labute approximate surface area is 187 Å². The molecule has 31 heavy (non-hydrogen) atoms. The minimum absolute atomic E-state index is 0.136. The first-order valence-corrected chi connectivity index (χ1v) is 11.5. The Kier molecular flexibility index (Phi) is 7.20. The van der Waals surface area contributed by atoms with Crippen LogP contribution in [0.5, 0.6) is 5.75 Å². The summed E-state index contributed by atoms with van der Waals surface area (Å²) in [6.45, 7) is 4.59. The second kappa shape index (κ2) is 9.85. The van der Waals surface area contributed by atoms with Crippen molar-refractivity contribution in [2.45, 2.75) is 18.7 Å². The molecule has 0 saturated carbocycles. The van der Waals surface area contributed by atoms with Gasteiger partial charge in [-0.3, -0.25) is 9.52 Å². The predicted octanol–water partition coefficient (Wildman–Crippen LogP) is 4.57. The molecule has 0 spiro atoms. The van der Waals surface area contributed by atoms with Gasteiger partial charge < -0.3 is 10.1 Å². The average molecular weight is 459 g/mol. The molecule has 0 fully saturated rings. The molecular formula is C23H23ClN2O4S. The summed E-state index contributed by atoms with van der Waals surface area (Å²) in [5, 5.41) is 2.89. The molecular weight excluding hydrogens is 436 g/mol. The molecule has 0 heterocycles. The molecule has 0 aliphatic rings. The van der Waals surface area contributed by atoms with Crippen LogP contribution in [0.25, 0.3) is 0 Å². The van der Waals surface area contributed by atoms with Gasteiger partial charge in [-0.1, -0.05) is 35.9 Å². The average Bonchev–Trinajstić information content (AvgIpc) is 2.71. The molecule has 8 heteroatoms.